The Labute approximate surface area is 185 Å². The summed E-state index contributed by atoms with van der Waals surface area (Å²) in [6.07, 6.45) is 6.10. The minimum absolute atomic E-state index is 0.224. The number of rotatable bonds is 7. The van der Waals surface area contributed by atoms with Crippen molar-refractivity contribution in [2.45, 2.75) is 50.7 Å². The number of amides is 1. The second-order valence-corrected chi connectivity index (χ2v) is 9.15. The van der Waals surface area contributed by atoms with Crippen molar-refractivity contribution in [2.24, 2.45) is 0 Å². The molecule has 0 saturated carbocycles. The molecule has 2 bridgehead atoms. The normalized spacial score (nSPS) is 22.6. The second-order valence-electron chi connectivity index (χ2n) is 8.16. The van der Waals surface area contributed by atoms with Gasteiger partial charge in [0.1, 0.15) is 18.1 Å². The van der Waals surface area contributed by atoms with Gasteiger partial charge in [0, 0.05) is 37.8 Å². The maximum Gasteiger partial charge on any atom is 0.281 e. The molecular formula is C23H26N4O3S. The minimum Gasteiger partial charge on any atom is -0.492 e. The van der Waals surface area contributed by atoms with Crippen molar-refractivity contribution in [2.75, 3.05) is 13.2 Å². The molecule has 1 N–H and O–H groups in total. The van der Waals surface area contributed by atoms with Crippen molar-refractivity contribution in [1.82, 2.24) is 20.2 Å². The maximum absolute atomic E-state index is 11.8. The number of hydrogen-bond acceptors (Lipinski definition) is 7. The van der Waals surface area contributed by atoms with Crippen LogP contribution in [0.25, 0.3) is 10.3 Å². The number of fused-ring (bicyclic) bond motifs is 3. The van der Waals surface area contributed by atoms with Gasteiger partial charge in [-0.15, -0.1) is 0 Å². The van der Waals surface area contributed by atoms with Gasteiger partial charge in [0.05, 0.1) is 4.70 Å². The number of ether oxygens (including phenoxy) is 2. The first kappa shape index (κ1) is 20.2. The first-order valence-corrected chi connectivity index (χ1v) is 11.6. The van der Waals surface area contributed by atoms with E-state index in [1.807, 2.05) is 36.4 Å². The number of benzene rings is 1. The Morgan fingerprint density at radius 2 is 1.90 bits per heavy atom. The SMILES string of the molecule is CC(=O)N1C2CCC1CC(NCCOc1ccc(Oc3nc4ncccc4s3)cc1)C2. The third-order valence-electron chi connectivity index (χ3n) is 6.07. The number of nitrogens with zero attached hydrogens (tertiary/aromatic N) is 3. The predicted octanol–water partition coefficient (Wildman–Crippen LogP) is 3.99. The van der Waals surface area contributed by atoms with Crippen molar-refractivity contribution in [3.63, 3.8) is 0 Å². The first-order chi connectivity index (χ1) is 15.2. The van der Waals surface area contributed by atoms with Crippen molar-refractivity contribution < 1.29 is 14.3 Å². The van der Waals surface area contributed by atoms with E-state index in [-0.39, 0.29) is 5.91 Å². The summed E-state index contributed by atoms with van der Waals surface area (Å²) >= 11 is 1.48. The lowest BCUT2D eigenvalue weighted by Gasteiger charge is -2.38. The molecule has 0 radical (unpaired) electrons. The Bertz CT molecular complexity index is 1010. The van der Waals surface area contributed by atoms with E-state index in [2.05, 4.69) is 20.2 Å². The summed E-state index contributed by atoms with van der Waals surface area (Å²) in [5, 5.41) is 4.19. The molecule has 2 fully saturated rings. The van der Waals surface area contributed by atoms with Crippen molar-refractivity contribution in [3.8, 4) is 16.7 Å². The number of carbonyl (C=O) groups excluding carboxylic acids is 1. The zero-order chi connectivity index (χ0) is 21.2. The predicted molar refractivity (Wildman–Crippen MR) is 120 cm³/mol. The van der Waals surface area contributed by atoms with Gasteiger partial charge in [0.25, 0.3) is 5.19 Å². The van der Waals surface area contributed by atoms with Gasteiger partial charge >= 0.3 is 0 Å². The molecule has 31 heavy (non-hydrogen) atoms. The molecule has 1 amide bonds. The molecule has 0 spiro atoms. The van der Waals surface area contributed by atoms with Crippen LogP contribution in [0.4, 0.5) is 0 Å². The van der Waals surface area contributed by atoms with Crippen LogP contribution in [0.2, 0.25) is 0 Å². The molecular weight excluding hydrogens is 412 g/mol. The van der Waals surface area contributed by atoms with Gasteiger partial charge in [0.2, 0.25) is 5.91 Å². The highest BCUT2D eigenvalue weighted by molar-refractivity contribution is 7.20. The van der Waals surface area contributed by atoms with Crippen LogP contribution in [0.1, 0.15) is 32.6 Å². The average Bonchev–Trinajstić information content (AvgIpc) is 3.30. The second kappa shape index (κ2) is 8.80. The van der Waals surface area contributed by atoms with Crippen molar-refractivity contribution in [3.05, 3.63) is 42.6 Å². The highest BCUT2D eigenvalue weighted by Crippen LogP contribution is 2.35. The molecule has 0 aliphatic carbocycles. The average molecular weight is 439 g/mol. The van der Waals surface area contributed by atoms with E-state index >= 15 is 0 Å². The van der Waals surface area contributed by atoms with Crippen molar-refractivity contribution >= 4 is 27.6 Å². The molecule has 2 aliphatic heterocycles. The molecule has 3 aromatic rings. The topological polar surface area (TPSA) is 76.6 Å². The smallest absolute Gasteiger partial charge is 0.281 e. The fraction of sp³-hybridized carbons (Fsp3) is 0.435. The number of piperidine rings is 1. The lowest BCUT2D eigenvalue weighted by molar-refractivity contribution is -0.133. The van der Waals surface area contributed by atoms with Crippen LogP contribution < -0.4 is 14.8 Å². The van der Waals surface area contributed by atoms with Gasteiger partial charge in [-0.3, -0.25) is 4.79 Å². The summed E-state index contributed by atoms with van der Waals surface area (Å²) in [7, 11) is 0. The molecule has 2 aromatic heterocycles. The monoisotopic (exact) mass is 438 g/mol. The maximum atomic E-state index is 11.8. The highest BCUT2D eigenvalue weighted by atomic mass is 32.1. The summed E-state index contributed by atoms with van der Waals surface area (Å²) in [6.45, 7) is 3.09. The first-order valence-electron chi connectivity index (χ1n) is 10.8. The van der Waals surface area contributed by atoms with E-state index < -0.39 is 0 Å². The van der Waals surface area contributed by atoms with Crippen LogP contribution in [-0.4, -0.2) is 52.1 Å². The van der Waals surface area contributed by atoms with E-state index in [0.29, 0.717) is 35.6 Å². The fourth-order valence-corrected chi connectivity index (χ4v) is 5.58. The fourth-order valence-electron chi connectivity index (χ4n) is 4.79. The van der Waals surface area contributed by atoms with E-state index in [1.54, 1.807) is 13.1 Å². The number of nitrogens with one attached hydrogen (secondary N) is 1. The van der Waals surface area contributed by atoms with Crippen LogP contribution in [0, 0.1) is 0 Å². The zero-order valence-electron chi connectivity index (χ0n) is 17.5. The Hall–Kier alpha value is -2.71. The quantitative estimate of drug-likeness (QED) is 0.562. The van der Waals surface area contributed by atoms with Crippen LogP contribution >= 0.6 is 11.3 Å². The van der Waals surface area contributed by atoms with Crippen LogP contribution in [-0.2, 0) is 4.79 Å². The van der Waals surface area contributed by atoms with Gasteiger partial charge in [-0.2, -0.15) is 4.98 Å². The molecule has 7 nitrogen and oxygen atoms in total. The van der Waals surface area contributed by atoms with Gasteiger partial charge in [-0.05, 0) is 62.1 Å². The molecule has 8 heteroatoms. The summed E-state index contributed by atoms with van der Waals surface area (Å²) in [4.78, 5) is 22.5. The molecule has 2 unspecified atom stereocenters. The Balaban J connectivity index is 1.07. The molecule has 4 heterocycles. The van der Waals surface area contributed by atoms with Crippen molar-refractivity contribution in [1.29, 1.82) is 0 Å². The lowest BCUT2D eigenvalue weighted by Crippen LogP contribution is -2.51. The Morgan fingerprint density at radius 3 is 2.61 bits per heavy atom. The molecule has 2 atom stereocenters. The molecule has 162 valence electrons. The number of thiazole rings is 1. The number of aromatic nitrogens is 2. The summed E-state index contributed by atoms with van der Waals surface area (Å²) in [6, 6.07) is 12.8. The third-order valence-corrected chi connectivity index (χ3v) is 6.96. The summed E-state index contributed by atoms with van der Waals surface area (Å²) < 4.78 is 12.7. The summed E-state index contributed by atoms with van der Waals surface area (Å²) in [5.74, 6) is 1.75. The van der Waals surface area contributed by atoms with Gasteiger partial charge in [0.15, 0.2) is 5.65 Å². The van der Waals surface area contributed by atoms with Gasteiger partial charge in [-0.1, -0.05) is 11.3 Å². The lowest BCUT2D eigenvalue weighted by atomic mass is 9.97. The number of hydrogen-bond donors (Lipinski definition) is 1. The van der Waals surface area contributed by atoms with E-state index in [9.17, 15) is 4.79 Å². The van der Waals surface area contributed by atoms with E-state index in [4.69, 9.17) is 9.47 Å². The van der Waals surface area contributed by atoms with E-state index in [0.717, 1.165) is 48.4 Å². The van der Waals surface area contributed by atoms with Gasteiger partial charge in [-0.25, -0.2) is 4.98 Å². The van der Waals surface area contributed by atoms with E-state index in [1.165, 1.54) is 11.3 Å². The highest BCUT2D eigenvalue weighted by Gasteiger charge is 2.41. The Kier molecular flexibility index (Phi) is 5.74. The van der Waals surface area contributed by atoms with Gasteiger partial charge < -0.3 is 19.7 Å². The Morgan fingerprint density at radius 1 is 1.16 bits per heavy atom. The number of carbonyl (C=O) groups is 1. The summed E-state index contributed by atoms with van der Waals surface area (Å²) in [5.41, 5.74) is 0.704. The van der Waals surface area contributed by atoms with Crippen LogP contribution in [0.5, 0.6) is 16.7 Å². The zero-order valence-corrected chi connectivity index (χ0v) is 18.3. The molecule has 1 aromatic carbocycles. The minimum atomic E-state index is 0.224. The largest absolute Gasteiger partial charge is 0.492 e. The molecule has 5 rings (SSSR count). The van der Waals surface area contributed by atoms with Crippen LogP contribution in [0.15, 0.2) is 42.6 Å². The van der Waals surface area contributed by atoms with Crippen LogP contribution in [0.3, 0.4) is 0 Å². The molecule has 2 aliphatic rings. The standard InChI is InChI=1S/C23H26N4O3S/c1-15(28)27-17-4-5-18(27)14-16(13-17)24-11-12-29-19-6-8-20(9-7-19)30-23-26-22-21(31-23)3-2-10-25-22/h2-3,6-10,16-18,24H,4-5,11-14H2,1H3. The number of pyridine rings is 1. The third kappa shape index (κ3) is 4.50. The molecule has 2 saturated heterocycles.